The summed E-state index contributed by atoms with van der Waals surface area (Å²) in [7, 11) is 0. The summed E-state index contributed by atoms with van der Waals surface area (Å²) < 4.78 is 0. The Balaban J connectivity index is 1.89. The molecule has 5 heteroatoms. The lowest BCUT2D eigenvalue weighted by Gasteiger charge is -2.24. The molecule has 0 radical (unpaired) electrons. The van der Waals surface area contributed by atoms with Crippen molar-refractivity contribution in [2.75, 3.05) is 6.54 Å². The Morgan fingerprint density at radius 2 is 2.50 bits per heavy atom. The van der Waals surface area contributed by atoms with Crippen molar-refractivity contribution in [3.63, 3.8) is 0 Å². The minimum absolute atomic E-state index is 0.00604. The Kier molecular flexibility index (Phi) is 4.72. The number of nitrogens with one attached hydrogen (secondary N) is 2. The first-order valence-corrected chi connectivity index (χ1v) is 7.50. The molecule has 0 saturated carbocycles. The zero-order chi connectivity index (χ0) is 13.0. The van der Waals surface area contributed by atoms with Crippen molar-refractivity contribution in [1.82, 2.24) is 15.6 Å². The van der Waals surface area contributed by atoms with Gasteiger partial charge in [0.05, 0.1) is 12.1 Å². The number of aromatic nitrogens is 1. The van der Waals surface area contributed by atoms with E-state index < -0.39 is 0 Å². The van der Waals surface area contributed by atoms with E-state index in [1.165, 1.54) is 11.3 Å². The van der Waals surface area contributed by atoms with Gasteiger partial charge in [-0.2, -0.15) is 0 Å². The number of thiazole rings is 1. The lowest BCUT2D eigenvalue weighted by molar-refractivity contribution is -0.124. The second kappa shape index (κ2) is 6.29. The van der Waals surface area contributed by atoms with Gasteiger partial charge in [-0.1, -0.05) is 13.3 Å². The molecule has 0 spiro atoms. The topological polar surface area (TPSA) is 54.0 Å². The van der Waals surface area contributed by atoms with Gasteiger partial charge in [0.25, 0.3) is 0 Å². The fourth-order valence-corrected chi connectivity index (χ4v) is 3.00. The van der Waals surface area contributed by atoms with Crippen LogP contribution in [0.5, 0.6) is 0 Å². The summed E-state index contributed by atoms with van der Waals surface area (Å²) in [5.41, 5.74) is 0. The van der Waals surface area contributed by atoms with Crippen LogP contribution in [0.2, 0.25) is 0 Å². The van der Waals surface area contributed by atoms with E-state index in [1.54, 1.807) is 11.3 Å². The lowest BCUT2D eigenvalue weighted by atomic mass is 10.0. The molecule has 1 aliphatic rings. The second-order valence-corrected chi connectivity index (χ2v) is 5.90. The maximum absolute atomic E-state index is 12.1. The van der Waals surface area contributed by atoms with Crippen LogP contribution in [0.3, 0.4) is 0 Å². The highest BCUT2D eigenvalue weighted by molar-refractivity contribution is 7.11. The first-order valence-electron chi connectivity index (χ1n) is 6.69. The van der Waals surface area contributed by atoms with E-state index in [0.29, 0.717) is 0 Å². The van der Waals surface area contributed by atoms with E-state index >= 15 is 0 Å². The summed E-state index contributed by atoms with van der Waals surface area (Å²) in [5.74, 6) is 0.107. The van der Waals surface area contributed by atoms with Gasteiger partial charge in [-0.3, -0.25) is 4.79 Å². The number of piperidine rings is 1. The van der Waals surface area contributed by atoms with Crippen LogP contribution in [0.25, 0.3) is 0 Å². The normalized spacial score (nSPS) is 21.6. The van der Waals surface area contributed by atoms with Crippen LogP contribution in [0, 0.1) is 0 Å². The van der Waals surface area contributed by atoms with E-state index in [4.69, 9.17) is 0 Å². The number of carbonyl (C=O) groups excluding carboxylic acids is 1. The second-order valence-electron chi connectivity index (χ2n) is 4.75. The number of aryl methyl sites for hydroxylation is 1. The van der Waals surface area contributed by atoms with Crippen molar-refractivity contribution in [2.45, 2.75) is 51.6 Å². The van der Waals surface area contributed by atoms with Gasteiger partial charge in [-0.05, 0) is 32.7 Å². The zero-order valence-electron chi connectivity index (χ0n) is 11.0. The predicted octanol–water partition coefficient (Wildman–Crippen LogP) is 2.02. The molecule has 1 saturated heterocycles. The van der Waals surface area contributed by atoms with Crippen molar-refractivity contribution in [2.24, 2.45) is 0 Å². The summed E-state index contributed by atoms with van der Waals surface area (Å²) in [6.07, 6.45) is 6.16. The maximum atomic E-state index is 12.1. The maximum Gasteiger partial charge on any atom is 0.237 e. The Bertz CT molecular complexity index is 399. The number of nitrogens with zero attached hydrogens (tertiary/aromatic N) is 1. The summed E-state index contributed by atoms with van der Waals surface area (Å²) in [5, 5.41) is 7.31. The van der Waals surface area contributed by atoms with E-state index in [9.17, 15) is 4.79 Å². The van der Waals surface area contributed by atoms with Gasteiger partial charge in [-0.25, -0.2) is 4.98 Å². The Hall–Kier alpha value is -0.940. The SMILES string of the molecule is CCc1cnc([C@@H](C)NC(=O)[C@@H]2CCCCN2)s1. The number of hydrogen-bond acceptors (Lipinski definition) is 4. The number of hydrogen-bond donors (Lipinski definition) is 2. The number of rotatable bonds is 4. The first-order chi connectivity index (χ1) is 8.70. The third-order valence-electron chi connectivity index (χ3n) is 3.28. The fourth-order valence-electron chi connectivity index (χ4n) is 2.14. The predicted molar refractivity (Wildman–Crippen MR) is 73.7 cm³/mol. The molecule has 1 aromatic rings. The molecular weight excluding hydrogens is 246 g/mol. The quantitative estimate of drug-likeness (QED) is 0.877. The average Bonchev–Trinajstić information content (AvgIpc) is 2.88. The van der Waals surface area contributed by atoms with E-state index in [-0.39, 0.29) is 18.0 Å². The molecule has 0 unspecified atom stereocenters. The van der Waals surface area contributed by atoms with Crippen molar-refractivity contribution in [3.8, 4) is 0 Å². The van der Waals surface area contributed by atoms with Crippen LogP contribution < -0.4 is 10.6 Å². The molecule has 2 N–H and O–H groups in total. The fraction of sp³-hybridized carbons (Fsp3) is 0.692. The number of carbonyl (C=O) groups is 1. The van der Waals surface area contributed by atoms with Gasteiger partial charge in [0.1, 0.15) is 5.01 Å². The molecule has 0 bridgehead atoms. The Morgan fingerprint density at radius 1 is 1.67 bits per heavy atom. The molecule has 18 heavy (non-hydrogen) atoms. The summed E-state index contributed by atoms with van der Waals surface area (Å²) in [4.78, 5) is 17.7. The molecule has 2 heterocycles. The molecule has 100 valence electrons. The van der Waals surface area contributed by atoms with Crippen molar-refractivity contribution < 1.29 is 4.79 Å². The molecule has 4 nitrogen and oxygen atoms in total. The minimum Gasteiger partial charge on any atom is -0.346 e. The van der Waals surface area contributed by atoms with Gasteiger partial charge in [0.15, 0.2) is 0 Å². The minimum atomic E-state index is -0.0215. The molecule has 1 aliphatic heterocycles. The Labute approximate surface area is 112 Å². The van der Waals surface area contributed by atoms with Gasteiger partial charge < -0.3 is 10.6 Å². The zero-order valence-corrected chi connectivity index (χ0v) is 11.8. The third kappa shape index (κ3) is 3.29. The van der Waals surface area contributed by atoms with Crippen LogP contribution >= 0.6 is 11.3 Å². The van der Waals surface area contributed by atoms with Crippen LogP contribution in [0.15, 0.2) is 6.20 Å². The van der Waals surface area contributed by atoms with Crippen molar-refractivity contribution in [3.05, 3.63) is 16.1 Å². The molecule has 1 amide bonds. The molecule has 0 aliphatic carbocycles. The standard InChI is InChI=1S/C13H21N3OS/c1-3-10-8-15-13(18-10)9(2)16-12(17)11-6-4-5-7-14-11/h8-9,11,14H,3-7H2,1-2H3,(H,16,17)/t9-,11+/m1/s1. The molecular formula is C13H21N3OS. The highest BCUT2D eigenvalue weighted by Crippen LogP contribution is 2.20. The molecule has 0 aromatic carbocycles. The first kappa shape index (κ1) is 13.5. The molecule has 2 rings (SSSR count). The van der Waals surface area contributed by atoms with Gasteiger partial charge in [0, 0.05) is 11.1 Å². The van der Waals surface area contributed by atoms with Gasteiger partial charge in [-0.15, -0.1) is 11.3 Å². The lowest BCUT2D eigenvalue weighted by Crippen LogP contribution is -2.47. The van der Waals surface area contributed by atoms with Crippen LogP contribution in [-0.4, -0.2) is 23.5 Å². The molecule has 2 atom stereocenters. The summed E-state index contributed by atoms with van der Waals surface area (Å²) in [6.45, 7) is 5.06. The van der Waals surface area contributed by atoms with Crippen LogP contribution in [0.4, 0.5) is 0 Å². The number of amides is 1. The average molecular weight is 267 g/mol. The third-order valence-corrected chi connectivity index (χ3v) is 4.60. The van der Waals surface area contributed by atoms with Crippen LogP contribution in [-0.2, 0) is 11.2 Å². The van der Waals surface area contributed by atoms with E-state index in [0.717, 1.165) is 30.8 Å². The molecule has 1 aromatic heterocycles. The molecule has 1 fully saturated rings. The van der Waals surface area contributed by atoms with Crippen LogP contribution in [0.1, 0.15) is 49.0 Å². The monoisotopic (exact) mass is 267 g/mol. The summed E-state index contributed by atoms with van der Waals surface area (Å²) >= 11 is 1.68. The van der Waals surface area contributed by atoms with Crippen molar-refractivity contribution in [1.29, 1.82) is 0 Å². The van der Waals surface area contributed by atoms with Gasteiger partial charge >= 0.3 is 0 Å². The summed E-state index contributed by atoms with van der Waals surface area (Å²) in [6, 6.07) is -0.0154. The van der Waals surface area contributed by atoms with E-state index in [1.807, 2.05) is 13.1 Å². The van der Waals surface area contributed by atoms with E-state index in [2.05, 4.69) is 22.5 Å². The smallest absolute Gasteiger partial charge is 0.237 e. The van der Waals surface area contributed by atoms with Crippen molar-refractivity contribution >= 4 is 17.2 Å². The highest BCUT2D eigenvalue weighted by Gasteiger charge is 2.22. The van der Waals surface area contributed by atoms with Gasteiger partial charge in [0.2, 0.25) is 5.91 Å². The highest BCUT2D eigenvalue weighted by atomic mass is 32.1. The largest absolute Gasteiger partial charge is 0.346 e. The Morgan fingerprint density at radius 3 is 3.11 bits per heavy atom.